The highest BCUT2D eigenvalue weighted by atomic mass is 35.5. The maximum atomic E-state index is 12.3. The quantitative estimate of drug-likeness (QED) is 0.467. The third-order valence-electron chi connectivity index (χ3n) is 4.45. The summed E-state index contributed by atoms with van der Waals surface area (Å²) in [6.45, 7) is 0.233. The third-order valence-corrected chi connectivity index (χ3v) is 4.70. The van der Waals surface area contributed by atoms with Crippen molar-refractivity contribution in [3.05, 3.63) is 47.0 Å². The van der Waals surface area contributed by atoms with Gasteiger partial charge < -0.3 is 4.74 Å². The number of nitrogens with zero attached hydrogens (tertiary/aromatic N) is 1. The van der Waals surface area contributed by atoms with Crippen molar-refractivity contribution >= 4 is 29.4 Å². The summed E-state index contributed by atoms with van der Waals surface area (Å²) in [4.78, 5) is 37.6. The van der Waals surface area contributed by atoms with E-state index < -0.39 is 5.97 Å². The number of rotatable bonds is 5. The van der Waals surface area contributed by atoms with Crippen LogP contribution in [0.4, 0.5) is 0 Å². The number of carbonyl (C=O) groups excluding carboxylic acids is 3. The molecule has 24 heavy (non-hydrogen) atoms. The minimum Gasteiger partial charge on any atom is -0.461 e. The van der Waals surface area contributed by atoms with E-state index in [1.54, 1.807) is 24.3 Å². The maximum absolute atomic E-state index is 12.3. The Labute approximate surface area is 145 Å². The molecule has 0 saturated carbocycles. The first-order chi connectivity index (χ1) is 11.6. The number of imide groups is 1. The van der Waals surface area contributed by atoms with Crippen molar-refractivity contribution in [2.75, 3.05) is 6.54 Å². The van der Waals surface area contributed by atoms with Gasteiger partial charge in [-0.25, -0.2) is 0 Å². The summed E-state index contributed by atoms with van der Waals surface area (Å²) in [5.74, 6) is -1.28. The molecule has 0 bridgehead atoms. The summed E-state index contributed by atoms with van der Waals surface area (Å²) in [6.07, 6.45) is 5.10. The zero-order valence-electron chi connectivity index (χ0n) is 13.1. The van der Waals surface area contributed by atoms with E-state index in [0.717, 1.165) is 5.56 Å². The standard InChI is InChI=1S/C18H18ClNO4/c19-13-7-5-12(6-8-13)11-24-16(21)9-10-20-17(22)14-3-1-2-4-15(14)18(20)23/h1-2,5-8,14-15H,3-4,9-11H2/t14-,15-/m0/s1. The Morgan fingerprint density at radius 2 is 1.67 bits per heavy atom. The molecule has 1 aliphatic heterocycles. The van der Waals surface area contributed by atoms with Gasteiger partial charge >= 0.3 is 5.97 Å². The molecule has 0 spiro atoms. The Morgan fingerprint density at radius 1 is 1.08 bits per heavy atom. The van der Waals surface area contributed by atoms with Gasteiger partial charge in [-0.3, -0.25) is 19.3 Å². The van der Waals surface area contributed by atoms with E-state index in [1.807, 2.05) is 12.2 Å². The van der Waals surface area contributed by atoms with Crippen LogP contribution >= 0.6 is 11.6 Å². The number of esters is 1. The van der Waals surface area contributed by atoms with E-state index in [0.29, 0.717) is 17.9 Å². The number of halogens is 1. The Morgan fingerprint density at radius 3 is 2.25 bits per heavy atom. The van der Waals surface area contributed by atoms with Crippen molar-refractivity contribution in [1.29, 1.82) is 0 Å². The van der Waals surface area contributed by atoms with Gasteiger partial charge in [0.2, 0.25) is 11.8 Å². The molecule has 0 radical (unpaired) electrons. The van der Waals surface area contributed by atoms with Crippen molar-refractivity contribution in [3.63, 3.8) is 0 Å². The van der Waals surface area contributed by atoms with Crippen LogP contribution < -0.4 is 0 Å². The summed E-state index contributed by atoms with van der Waals surface area (Å²) in [5, 5.41) is 0.618. The van der Waals surface area contributed by atoms with E-state index in [9.17, 15) is 14.4 Å². The van der Waals surface area contributed by atoms with Gasteiger partial charge in [0.1, 0.15) is 6.61 Å². The minimum absolute atomic E-state index is 0.0118. The SMILES string of the molecule is O=C(CCN1C(=O)[C@H]2CC=CC[C@@H]2C1=O)OCc1ccc(Cl)cc1. The van der Waals surface area contributed by atoms with E-state index in [-0.39, 0.29) is 43.2 Å². The molecule has 6 heteroatoms. The lowest BCUT2D eigenvalue weighted by atomic mass is 9.85. The number of allylic oxidation sites excluding steroid dienone is 2. The van der Waals surface area contributed by atoms with Crippen LogP contribution in [-0.2, 0) is 25.7 Å². The number of benzene rings is 1. The largest absolute Gasteiger partial charge is 0.461 e. The van der Waals surface area contributed by atoms with Crippen molar-refractivity contribution in [2.24, 2.45) is 11.8 Å². The highest BCUT2D eigenvalue weighted by Gasteiger charge is 2.46. The molecule has 1 aromatic rings. The summed E-state index contributed by atoms with van der Waals surface area (Å²) in [6, 6.07) is 7.01. The van der Waals surface area contributed by atoms with Crippen LogP contribution in [0.1, 0.15) is 24.8 Å². The van der Waals surface area contributed by atoms with E-state index >= 15 is 0 Å². The van der Waals surface area contributed by atoms with Crippen LogP contribution in [-0.4, -0.2) is 29.2 Å². The van der Waals surface area contributed by atoms with Gasteiger partial charge in [-0.1, -0.05) is 35.9 Å². The van der Waals surface area contributed by atoms with Gasteiger partial charge in [0.05, 0.1) is 18.3 Å². The fourth-order valence-electron chi connectivity index (χ4n) is 3.11. The molecule has 1 aliphatic carbocycles. The number of hydrogen-bond acceptors (Lipinski definition) is 4. The lowest BCUT2D eigenvalue weighted by Crippen LogP contribution is -2.33. The molecule has 1 saturated heterocycles. The smallest absolute Gasteiger partial charge is 0.307 e. The first kappa shape index (κ1) is 16.7. The highest BCUT2D eigenvalue weighted by Crippen LogP contribution is 2.35. The number of hydrogen-bond donors (Lipinski definition) is 0. The molecule has 2 aliphatic rings. The van der Waals surface area contributed by atoms with Crippen LogP contribution in [0.25, 0.3) is 0 Å². The Kier molecular flexibility index (Phi) is 5.00. The van der Waals surface area contributed by atoms with Gasteiger partial charge in [0.15, 0.2) is 0 Å². The van der Waals surface area contributed by atoms with Crippen molar-refractivity contribution in [2.45, 2.75) is 25.9 Å². The summed E-state index contributed by atoms with van der Waals surface area (Å²) >= 11 is 5.79. The second-order valence-corrected chi connectivity index (χ2v) is 6.46. The molecule has 0 aromatic heterocycles. The molecule has 126 valence electrons. The zero-order chi connectivity index (χ0) is 17.1. The van der Waals surface area contributed by atoms with Crippen LogP contribution in [0.3, 0.4) is 0 Å². The molecule has 0 N–H and O–H groups in total. The predicted octanol–water partition coefficient (Wildman–Crippen LogP) is 2.72. The predicted molar refractivity (Wildman–Crippen MR) is 87.9 cm³/mol. The minimum atomic E-state index is -0.432. The second kappa shape index (κ2) is 7.18. The van der Waals surface area contributed by atoms with Crippen LogP contribution in [0, 0.1) is 11.8 Å². The molecule has 2 amide bonds. The summed E-state index contributed by atoms with van der Waals surface area (Å²) in [7, 11) is 0. The lowest BCUT2D eigenvalue weighted by Gasteiger charge is -2.14. The number of likely N-dealkylation sites (tertiary alicyclic amines) is 1. The molecule has 0 unspecified atom stereocenters. The topological polar surface area (TPSA) is 63.7 Å². The van der Waals surface area contributed by atoms with Gasteiger partial charge in [-0.05, 0) is 30.5 Å². The van der Waals surface area contributed by atoms with E-state index in [2.05, 4.69) is 0 Å². The lowest BCUT2D eigenvalue weighted by molar-refractivity contribution is -0.146. The molecular weight excluding hydrogens is 330 g/mol. The molecule has 1 fully saturated rings. The molecular formula is C18H18ClNO4. The first-order valence-electron chi connectivity index (χ1n) is 7.96. The first-order valence-corrected chi connectivity index (χ1v) is 8.34. The average Bonchev–Trinajstić information content (AvgIpc) is 2.84. The number of fused-ring (bicyclic) bond motifs is 1. The molecule has 3 rings (SSSR count). The molecule has 2 atom stereocenters. The Hall–Kier alpha value is -2.14. The average molecular weight is 348 g/mol. The Balaban J connectivity index is 1.48. The highest BCUT2D eigenvalue weighted by molar-refractivity contribution is 6.30. The fourth-order valence-corrected chi connectivity index (χ4v) is 3.24. The van der Waals surface area contributed by atoms with E-state index in [4.69, 9.17) is 16.3 Å². The van der Waals surface area contributed by atoms with Gasteiger partial charge in [0.25, 0.3) is 0 Å². The number of carbonyl (C=O) groups is 3. The monoisotopic (exact) mass is 347 g/mol. The molecule has 5 nitrogen and oxygen atoms in total. The zero-order valence-corrected chi connectivity index (χ0v) is 13.9. The molecule has 1 aromatic carbocycles. The van der Waals surface area contributed by atoms with Crippen molar-refractivity contribution in [3.8, 4) is 0 Å². The summed E-state index contributed by atoms with van der Waals surface area (Å²) < 4.78 is 5.17. The third kappa shape index (κ3) is 3.51. The maximum Gasteiger partial charge on any atom is 0.307 e. The molecule has 1 heterocycles. The number of ether oxygens (including phenoxy) is 1. The second-order valence-electron chi connectivity index (χ2n) is 6.02. The van der Waals surface area contributed by atoms with Crippen LogP contribution in [0.15, 0.2) is 36.4 Å². The van der Waals surface area contributed by atoms with Gasteiger partial charge in [-0.2, -0.15) is 0 Å². The van der Waals surface area contributed by atoms with E-state index in [1.165, 1.54) is 4.90 Å². The van der Waals surface area contributed by atoms with Crippen LogP contribution in [0.2, 0.25) is 5.02 Å². The van der Waals surface area contributed by atoms with Crippen LogP contribution in [0.5, 0.6) is 0 Å². The number of amides is 2. The Bertz CT molecular complexity index is 657. The summed E-state index contributed by atoms with van der Waals surface area (Å²) in [5.41, 5.74) is 0.832. The van der Waals surface area contributed by atoms with Crippen molar-refractivity contribution in [1.82, 2.24) is 4.90 Å². The van der Waals surface area contributed by atoms with Gasteiger partial charge in [0, 0.05) is 11.6 Å². The fraction of sp³-hybridized carbons (Fsp3) is 0.389. The van der Waals surface area contributed by atoms with Gasteiger partial charge in [-0.15, -0.1) is 0 Å². The van der Waals surface area contributed by atoms with Crippen molar-refractivity contribution < 1.29 is 19.1 Å². The normalized spacial score (nSPS) is 22.6.